The van der Waals surface area contributed by atoms with Crippen molar-refractivity contribution in [3.8, 4) is 0 Å². The quantitative estimate of drug-likeness (QED) is 0.550. The summed E-state index contributed by atoms with van der Waals surface area (Å²) in [7, 11) is 1.24. The predicted octanol–water partition coefficient (Wildman–Crippen LogP) is -0.396. The zero-order chi connectivity index (χ0) is 15.0. The first-order valence-electron chi connectivity index (χ1n) is 6.43. The van der Waals surface area contributed by atoms with Crippen LogP contribution < -0.4 is 10.6 Å². The van der Waals surface area contributed by atoms with Crippen molar-refractivity contribution < 1.29 is 24.2 Å². The summed E-state index contributed by atoms with van der Waals surface area (Å²) < 4.78 is 4.45. The molecule has 0 radical (unpaired) electrons. The van der Waals surface area contributed by atoms with Crippen molar-refractivity contribution in [3.63, 3.8) is 0 Å². The van der Waals surface area contributed by atoms with Gasteiger partial charge in [-0.3, -0.25) is 9.59 Å². The maximum atomic E-state index is 11.8. The SMILES string of the molecule is COC(=O)CCC(NC(=O)CC1CSCCN1)C(=O)O. The number of nitrogens with one attached hydrogen (secondary N) is 2. The van der Waals surface area contributed by atoms with Gasteiger partial charge in [0.05, 0.1) is 7.11 Å². The van der Waals surface area contributed by atoms with Crippen LogP contribution in [-0.2, 0) is 19.1 Å². The maximum absolute atomic E-state index is 11.8. The monoisotopic (exact) mass is 304 g/mol. The van der Waals surface area contributed by atoms with Gasteiger partial charge >= 0.3 is 11.9 Å². The molecule has 1 heterocycles. The third kappa shape index (κ3) is 6.25. The largest absolute Gasteiger partial charge is 0.480 e. The van der Waals surface area contributed by atoms with Crippen LogP contribution in [0.3, 0.4) is 0 Å². The first-order chi connectivity index (χ1) is 9.52. The highest BCUT2D eigenvalue weighted by atomic mass is 32.2. The molecule has 1 rings (SSSR count). The number of ether oxygens (including phenoxy) is 1. The lowest BCUT2D eigenvalue weighted by atomic mass is 10.1. The Morgan fingerprint density at radius 1 is 1.50 bits per heavy atom. The molecule has 114 valence electrons. The Labute approximate surface area is 121 Å². The van der Waals surface area contributed by atoms with Crippen LogP contribution in [0, 0.1) is 0 Å². The van der Waals surface area contributed by atoms with E-state index >= 15 is 0 Å². The minimum atomic E-state index is -1.15. The molecule has 0 aromatic heterocycles. The molecule has 0 aromatic carbocycles. The van der Waals surface area contributed by atoms with Crippen molar-refractivity contribution in [2.45, 2.75) is 31.3 Å². The molecule has 20 heavy (non-hydrogen) atoms. The summed E-state index contributed by atoms with van der Waals surface area (Å²) in [5, 5.41) is 14.7. The van der Waals surface area contributed by atoms with E-state index in [1.54, 1.807) is 11.8 Å². The van der Waals surface area contributed by atoms with Crippen molar-refractivity contribution in [2.24, 2.45) is 0 Å². The summed E-state index contributed by atoms with van der Waals surface area (Å²) in [6, 6.07) is -0.985. The Balaban J connectivity index is 2.37. The van der Waals surface area contributed by atoms with Crippen LogP contribution >= 0.6 is 11.8 Å². The van der Waals surface area contributed by atoms with E-state index in [2.05, 4.69) is 15.4 Å². The number of carboxylic acids is 1. The lowest BCUT2D eigenvalue weighted by Crippen LogP contribution is -2.46. The molecule has 1 aliphatic heterocycles. The van der Waals surface area contributed by atoms with E-state index in [4.69, 9.17) is 5.11 Å². The number of aliphatic carboxylic acids is 1. The molecule has 1 fully saturated rings. The van der Waals surface area contributed by atoms with E-state index in [0.29, 0.717) is 0 Å². The Hall–Kier alpha value is -1.28. The lowest BCUT2D eigenvalue weighted by molar-refractivity contribution is -0.144. The fraction of sp³-hybridized carbons (Fsp3) is 0.750. The van der Waals surface area contributed by atoms with Gasteiger partial charge in [-0.05, 0) is 6.42 Å². The predicted molar refractivity (Wildman–Crippen MR) is 74.5 cm³/mol. The number of carbonyl (C=O) groups is 3. The van der Waals surface area contributed by atoms with E-state index in [0.717, 1.165) is 18.1 Å². The highest BCUT2D eigenvalue weighted by molar-refractivity contribution is 7.99. The molecule has 1 saturated heterocycles. The van der Waals surface area contributed by atoms with Crippen LogP contribution in [-0.4, -0.2) is 60.2 Å². The number of carbonyl (C=O) groups excluding carboxylic acids is 2. The van der Waals surface area contributed by atoms with Gasteiger partial charge in [0, 0.05) is 36.9 Å². The first kappa shape index (κ1) is 16.8. The zero-order valence-electron chi connectivity index (χ0n) is 11.4. The molecule has 0 bridgehead atoms. The average Bonchev–Trinajstić information content (AvgIpc) is 2.43. The summed E-state index contributed by atoms with van der Waals surface area (Å²) in [5.41, 5.74) is 0. The highest BCUT2D eigenvalue weighted by Gasteiger charge is 2.23. The van der Waals surface area contributed by atoms with E-state index in [1.807, 2.05) is 0 Å². The van der Waals surface area contributed by atoms with Crippen molar-refractivity contribution in [1.82, 2.24) is 10.6 Å². The number of esters is 1. The Morgan fingerprint density at radius 2 is 2.25 bits per heavy atom. The summed E-state index contributed by atoms with van der Waals surface area (Å²) in [6.45, 7) is 0.854. The number of hydrogen-bond acceptors (Lipinski definition) is 6. The third-order valence-electron chi connectivity index (χ3n) is 2.93. The molecule has 7 nitrogen and oxygen atoms in total. The molecule has 1 aliphatic rings. The molecule has 8 heteroatoms. The third-order valence-corrected chi connectivity index (χ3v) is 4.06. The van der Waals surface area contributed by atoms with Crippen LogP contribution in [0.15, 0.2) is 0 Å². The number of hydrogen-bond donors (Lipinski definition) is 3. The van der Waals surface area contributed by atoms with Crippen LogP contribution in [0.25, 0.3) is 0 Å². The van der Waals surface area contributed by atoms with E-state index in [-0.39, 0.29) is 31.2 Å². The number of thioether (sulfide) groups is 1. The molecule has 0 aliphatic carbocycles. The van der Waals surface area contributed by atoms with Crippen LogP contribution in [0.2, 0.25) is 0 Å². The summed E-state index contributed by atoms with van der Waals surface area (Å²) in [5.74, 6) is -0.0890. The van der Waals surface area contributed by atoms with Gasteiger partial charge in [0.15, 0.2) is 0 Å². The molecular weight excluding hydrogens is 284 g/mol. The fourth-order valence-corrected chi connectivity index (χ4v) is 2.80. The van der Waals surface area contributed by atoms with Crippen molar-refractivity contribution in [2.75, 3.05) is 25.2 Å². The number of rotatable bonds is 7. The molecule has 3 N–H and O–H groups in total. The van der Waals surface area contributed by atoms with Gasteiger partial charge in [-0.15, -0.1) is 0 Å². The van der Waals surface area contributed by atoms with Gasteiger partial charge in [-0.25, -0.2) is 4.79 Å². The molecule has 2 atom stereocenters. The second kappa shape index (κ2) is 8.80. The van der Waals surface area contributed by atoms with Crippen molar-refractivity contribution >= 4 is 29.6 Å². The Morgan fingerprint density at radius 3 is 2.80 bits per heavy atom. The van der Waals surface area contributed by atoms with Gasteiger partial charge in [-0.1, -0.05) is 0 Å². The van der Waals surface area contributed by atoms with Gasteiger partial charge in [0.2, 0.25) is 5.91 Å². The Kier molecular flexibility index (Phi) is 7.38. The molecule has 2 unspecified atom stereocenters. The maximum Gasteiger partial charge on any atom is 0.326 e. The minimum absolute atomic E-state index is 0.0284. The van der Waals surface area contributed by atoms with E-state index in [9.17, 15) is 14.4 Å². The summed E-state index contributed by atoms with van der Waals surface area (Å²) in [4.78, 5) is 33.8. The minimum Gasteiger partial charge on any atom is -0.480 e. The number of carboxylic acid groups (broad SMARTS) is 1. The van der Waals surface area contributed by atoms with Crippen molar-refractivity contribution in [3.05, 3.63) is 0 Å². The highest BCUT2D eigenvalue weighted by Crippen LogP contribution is 2.10. The lowest BCUT2D eigenvalue weighted by Gasteiger charge is -2.23. The standard InChI is InChI=1S/C12H20N2O5S/c1-19-11(16)3-2-9(12(17)18)14-10(15)6-8-7-20-5-4-13-8/h8-9,13H,2-7H2,1H3,(H,14,15)(H,17,18). The van der Waals surface area contributed by atoms with Crippen molar-refractivity contribution in [1.29, 1.82) is 0 Å². The number of methoxy groups -OCH3 is 1. The molecular formula is C12H20N2O5S. The van der Waals surface area contributed by atoms with Crippen LogP contribution in [0.5, 0.6) is 0 Å². The van der Waals surface area contributed by atoms with E-state index < -0.39 is 18.0 Å². The second-order valence-electron chi connectivity index (χ2n) is 4.50. The average molecular weight is 304 g/mol. The van der Waals surface area contributed by atoms with Gasteiger partial charge in [0.25, 0.3) is 0 Å². The van der Waals surface area contributed by atoms with Gasteiger partial charge in [0.1, 0.15) is 6.04 Å². The summed E-state index contributed by atoms with van der Waals surface area (Å²) in [6.07, 6.45) is 0.237. The second-order valence-corrected chi connectivity index (χ2v) is 5.65. The zero-order valence-corrected chi connectivity index (χ0v) is 12.2. The molecule has 0 saturated carbocycles. The van der Waals surface area contributed by atoms with Gasteiger partial charge in [-0.2, -0.15) is 11.8 Å². The Bertz CT molecular complexity index is 358. The topological polar surface area (TPSA) is 105 Å². The molecule has 0 spiro atoms. The first-order valence-corrected chi connectivity index (χ1v) is 7.58. The molecule has 1 amide bonds. The molecule has 0 aromatic rings. The van der Waals surface area contributed by atoms with Crippen LogP contribution in [0.1, 0.15) is 19.3 Å². The van der Waals surface area contributed by atoms with E-state index in [1.165, 1.54) is 7.11 Å². The fourth-order valence-electron chi connectivity index (χ4n) is 1.85. The number of amides is 1. The smallest absolute Gasteiger partial charge is 0.326 e. The summed E-state index contributed by atoms with van der Waals surface area (Å²) >= 11 is 1.77. The van der Waals surface area contributed by atoms with Gasteiger partial charge < -0.3 is 20.5 Å². The normalized spacial score (nSPS) is 19.9. The van der Waals surface area contributed by atoms with Crippen LogP contribution in [0.4, 0.5) is 0 Å².